The standard InChI is InChI=1S/C15H16N2O4/c18-15(19)14-13(21-10-20-9-11-6-7-11)8-17(16-14)12-4-2-1-3-5-12/h1-5,8,11H,6-7,9-10H2,(H,18,19). The topological polar surface area (TPSA) is 73.6 Å². The summed E-state index contributed by atoms with van der Waals surface area (Å²) in [5, 5.41) is 13.2. The summed E-state index contributed by atoms with van der Waals surface area (Å²) in [6, 6.07) is 9.28. The van der Waals surface area contributed by atoms with Gasteiger partial charge in [0.25, 0.3) is 0 Å². The Bertz CT molecular complexity index is 620. The number of hydrogen-bond acceptors (Lipinski definition) is 4. The zero-order chi connectivity index (χ0) is 14.7. The summed E-state index contributed by atoms with van der Waals surface area (Å²) in [4.78, 5) is 11.2. The van der Waals surface area contributed by atoms with Crippen molar-refractivity contribution in [3.05, 3.63) is 42.2 Å². The van der Waals surface area contributed by atoms with E-state index in [-0.39, 0.29) is 18.2 Å². The molecule has 6 heteroatoms. The molecule has 6 nitrogen and oxygen atoms in total. The van der Waals surface area contributed by atoms with Crippen LogP contribution >= 0.6 is 0 Å². The van der Waals surface area contributed by atoms with Crippen molar-refractivity contribution in [1.82, 2.24) is 9.78 Å². The number of benzene rings is 1. The highest BCUT2D eigenvalue weighted by Gasteiger charge is 2.22. The van der Waals surface area contributed by atoms with E-state index in [1.165, 1.54) is 17.5 Å². The molecule has 1 saturated carbocycles. The lowest BCUT2D eigenvalue weighted by Gasteiger charge is -2.04. The van der Waals surface area contributed by atoms with Crippen molar-refractivity contribution in [2.45, 2.75) is 12.8 Å². The molecule has 1 aliphatic carbocycles. The van der Waals surface area contributed by atoms with Crippen molar-refractivity contribution in [2.24, 2.45) is 5.92 Å². The highest BCUT2D eigenvalue weighted by molar-refractivity contribution is 5.88. The van der Waals surface area contributed by atoms with Gasteiger partial charge in [0, 0.05) is 0 Å². The predicted octanol–water partition coefficient (Wildman–Crippen LogP) is 2.33. The zero-order valence-corrected chi connectivity index (χ0v) is 11.4. The van der Waals surface area contributed by atoms with Crippen molar-refractivity contribution in [3.63, 3.8) is 0 Å². The number of hydrogen-bond donors (Lipinski definition) is 1. The third-order valence-electron chi connectivity index (χ3n) is 3.25. The van der Waals surface area contributed by atoms with Crippen molar-refractivity contribution < 1.29 is 19.4 Å². The smallest absolute Gasteiger partial charge is 0.360 e. The number of carboxylic acids is 1. The molecule has 110 valence electrons. The van der Waals surface area contributed by atoms with Crippen molar-refractivity contribution in [1.29, 1.82) is 0 Å². The molecule has 0 spiro atoms. The summed E-state index contributed by atoms with van der Waals surface area (Å²) >= 11 is 0. The van der Waals surface area contributed by atoms with E-state index in [4.69, 9.17) is 9.47 Å². The summed E-state index contributed by atoms with van der Waals surface area (Å²) in [7, 11) is 0. The van der Waals surface area contributed by atoms with Gasteiger partial charge in [0.2, 0.25) is 5.69 Å². The largest absolute Gasteiger partial charge is 0.476 e. The molecule has 3 rings (SSSR count). The van der Waals surface area contributed by atoms with Gasteiger partial charge in [-0.1, -0.05) is 18.2 Å². The van der Waals surface area contributed by atoms with Gasteiger partial charge in [-0.2, -0.15) is 5.10 Å². The van der Waals surface area contributed by atoms with Crippen LogP contribution in [0, 0.1) is 5.92 Å². The molecule has 0 amide bonds. The Morgan fingerprint density at radius 1 is 1.33 bits per heavy atom. The van der Waals surface area contributed by atoms with E-state index in [0.29, 0.717) is 12.5 Å². The maximum absolute atomic E-state index is 11.2. The van der Waals surface area contributed by atoms with Crippen LogP contribution < -0.4 is 4.74 Å². The first-order chi connectivity index (χ1) is 10.2. The first kappa shape index (κ1) is 13.6. The van der Waals surface area contributed by atoms with Gasteiger partial charge in [-0.15, -0.1) is 0 Å². The lowest BCUT2D eigenvalue weighted by atomic mass is 10.3. The number of nitrogens with zero attached hydrogens (tertiary/aromatic N) is 2. The molecule has 1 aromatic carbocycles. The maximum Gasteiger partial charge on any atom is 0.360 e. The SMILES string of the molecule is O=C(O)c1nn(-c2ccccc2)cc1OCOCC1CC1. The molecule has 1 heterocycles. The zero-order valence-electron chi connectivity index (χ0n) is 11.4. The van der Waals surface area contributed by atoms with Gasteiger partial charge in [-0.05, 0) is 30.9 Å². The van der Waals surface area contributed by atoms with E-state index in [9.17, 15) is 9.90 Å². The fourth-order valence-electron chi connectivity index (χ4n) is 1.93. The normalized spacial score (nSPS) is 14.1. The van der Waals surface area contributed by atoms with Crippen molar-refractivity contribution >= 4 is 5.97 Å². The van der Waals surface area contributed by atoms with Gasteiger partial charge in [-0.25, -0.2) is 9.48 Å². The first-order valence-electron chi connectivity index (χ1n) is 6.83. The minimum atomic E-state index is -1.12. The Kier molecular flexibility index (Phi) is 3.87. The highest BCUT2D eigenvalue weighted by Crippen LogP contribution is 2.28. The number of aromatic carboxylic acids is 1. The fourth-order valence-corrected chi connectivity index (χ4v) is 1.93. The van der Waals surface area contributed by atoms with Gasteiger partial charge in [0.15, 0.2) is 12.5 Å². The minimum Gasteiger partial charge on any atom is -0.476 e. The number of para-hydroxylation sites is 1. The van der Waals surface area contributed by atoms with Crippen LogP contribution in [0.5, 0.6) is 5.75 Å². The van der Waals surface area contributed by atoms with Gasteiger partial charge in [0.1, 0.15) is 0 Å². The minimum absolute atomic E-state index is 0.0390. The molecule has 21 heavy (non-hydrogen) atoms. The number of rotatable bonds is 7. The Morgan fingerprint density at radius 2 is 2.10 bits per heavy atom. The summed E-state index contributed by atoms with van der Waals surface area (Å²) < 4.78 is 12.2. The molecule has 0 aliphatic heterocycles. The molecule has 0 atom stereocenters. The lowest BCUT2D eigenvalue weighted by Crippen LogP contribution is -2.07. The van der Waals surface area contributed by atoms with E-state index in [0.717, 1.165) is 5.69 Å². The van der Waals surface area contributed by atoms with E-state index in [1.54, 1.807) is 6.20 Å². The molecule has 1 aromatic heterocycles. The maximum atomic E-state index is 11.2. The van der Waals surface area contributed by atoms with Crippen molar-refractivity contribution in [2.75, 3.05) is 13.4 Å². The Balaban J connectivity index is 1.71. The van der Waals surface area contributed by atoms with E-state index < -0.39 is 5.97 Å². The Labute approximate surface area is 121 Å². The van der Waals surface area contributed by atoms with Crippen LogP contribution in [0.3, 0.4) is 0 Å². The summed E-state index contributed by atoms with van der Waals surface area (Å²) in [5.41, 5.74) is 0.655. The predicted molar refractivity (Wildman–Crippen MR) is 74.7 cm³/mol. The van der Waals surface area contributed by atoms with Gasteiger partial charge >= 0.3 is 5.97 Å². The van der Waals surface area contributed by atoms with Crippen LogP contribution in [0.25, 0.3) is 5.69 Å². The molecule has 0 bridgehead atoms. The van der Waals surface area contributed by atoms with Crippen LogP contribution in [0.4, 0.5) is 0 Å². The molecular weight excluding hydrogens is 272 g/mol. The lowest BCUT2D eigenvalue weighted by molar-refractivity contribution is 0.00917. The third kappa shape index (κ3) is 3.41. The highest BCUT2D eigenvalue weighted by atomic mass is 16.7. The van der Waals surface area contributed by atoms with Crippen molar-refractivity contribution in [3.8, 4) is 11.4 Å². The second-order valence-corrected chi connectivity index (χ2v) is 5.00. The summed E-state index contributed by atoms with van der Waals surface area (Å²) in [6.07, 6.45) is 3.96. The quantitative estimate of drug-likeness (QED) is 0.625. The second kappa shape index (κ2) is 5.97. The van der Waals surface area contributed by atoms with Crippen LogP contribution in [-0.2, 0) is 4.74 Å². The number of carbonyl (C=O) groups is 1. The molecule has 0 unspecified atom stereocenters. The average molecular weight is 288 g/mol. The summed E-state index contributed by atoms with van der Waals surface area (Å²) in [6.45, 7) is 0.701. The first-order valence-corrected chi connectivity index (χ1v) is 6.83. The summed E-state index contributed by atoms with van der Waals surface area (Å²) in [5.74, 6) is -0.274. The third-order valence-corrected chi connectivity index (χ3v) is 3.25. The number of aromatic nitrogens is 2. The fraction of sp³-hybridized carbons (Fsp3) is 0.333. The van der Waals surface area contributed by atoms with Gasteiger partial charge in [-0.3, -0.25) is 0 Å². The van der Waals surface area contributed by atoms with Crippen LogP contribution in [0.2, 0.25) is 0 Å². The van der Waals surface area contributed by atoms with Gasteiger partial charge < -0.3 is 14.6 Å². The molecule has 1 fully saturated rings. The van der Waals surface area contributed by atoms with Crippen LogP contribution in [0.15, 0.2) is 36.5 Å². The molecule has 2 aromatic rings. The van der Waals surface area contributed by atoms with Crippen LogP contribution in [0.1, 0.15) is 23.3 Å². The van der Waals surface area contributed by atoms with E-state index in [2.05, 4.69) is 5.10 Å². The Hall–Kier alpha value is -2.34. The molecule has 1 aliphatic rings. The molecule has 0 saturated heterocycles. The van der Waals surface area contributed by atoms with E-state index >= 15 is 0 Å². The molecular formula is C15H16N2O4. The number of ether oxygens (including phenoxy) is 2. The monoisotopic (exact) mass is 288 g/mol. The second-order valence-electron chi connectivity index (χ2n) is 5.00. The van der Waals surface area contributed by atoms with Crippen LogP contribution in [-0.4, -0.2) is 34.3 Å². The average Bonchev–Trinajstić information content (AvgIpc) is 3.22. The van der Waals surface area contributed by atoms with Gasteiger partial charge in [0.05, 0.1) is 18.5 Å². The Morgan fingerprint density at radius 3 is 2.76 bits per heavy atom. The molecule has 0 radical (unpaired) electrons. The number of carboxylic acid groups (broad SMARTS) is 1. The van der Waals surface area contributed by atoms with E-state index in [1.807, 2.05) is 30.3 Å². The molecule has 1 N–H and O–H groups in total.